The maximum absolute atomic E-state index is 13.5. The van der Waals surface area contributed by atoms with Crippen LogP contribution >= 0.6 is 15.9 Å². The molecule has 0 aliphatic rings. The van der Waals surface area contributed by atoms with E-state index in [0.29, 0.717) is 0 Å². The zero-order chi connectivity index (χ0) is 13.2. The average Bonchev–Trinajstić information content (AvgIpc) is 2.32. The van der Waals surface area contributed by atoms with Crippen LogP contribution in [0.2, 0.25) is 0 Å². The van der Waals surface area contributed by atoms with Crippen LogP contribution in [0.3, 0.4) is 0 Å². The molecule has 0 bridgehead atoms. The van der Waals surface area contributed by atoms with Crippen LogP contribution in [-0.2, 0) is 9.53 Å². The van der Waals surface area contributed by atoms with E-state index in [1.807, 2.05) is 0 Å². The lowest BCUT2D eigenvalue weighted by Crippen LogP contribution is -2.30. The van der Waals surface area contributed by atoms with Gasteiger partial charge in [-0.15, -0.1) is 0 Å². The van der Waals surface area contributed by atoms with E-state index in [2.05, 4.69) is 20.7 Å². The van der Waals surface area contributed by atoms with E-state index in [4.69, 9.17) is 0 Å². The van der Waals surface area contributed by atoms with Crippen molar-refractivity contribution in [2.24, 2.45) is 0 Å². The maximum atomic E-state index is 13.5. The largest absolute Gasteiger partial charge is 0.467 e. The molecule has 1 rings (SSSR count). The van der Waals surface area contributed by atoms with Crippen LogP contribution in [-0.4, -0.2) is 29.4 Å². The first kappa shape index (κ1) is 14.0. The second-order valence-corrected chi connectivity index (χ2v) is 4.02. The number of hydrogen-bond donors (Lipinski definition) is 2. The predicted molar refractivity (Wildman–Crippen MR) is 57.0 cm³/mol. The normalized spacial score (nSPS) is 14.2. The van der Waals surface area contributed by atoms with Crippen LogP contribution in [0.4, 0.5) is 8.78 Å². The summed E-state index contributed by atoms with van der Waals surface area (Å²) in [7, 11) is 0.978. The van der Waals surface area contributed by atoms with Crippen molar-refractivity contribution in [3.05, 3.63) is 33.8 Å². The average molecular weight is 311 g/mol. The van der Waals surface area contributed by atoms with Gasteiger partial charge in [0.05, 0.1) is 17.1 Å². The van der Waals surface area contributed by atoms with Gasteiger partial charge >= 0.3 is 5.97 Å². The van der Waals surface area contributed by atoms with Crippen LogP contribution < -0.4 is 0 Å². The highest BCUT2D eigenvalue weighted by atomic mass is 79.9. The minimum absolute atomic E-state index is 0.0926. The molecule has 2 atom stereocenters. The van der Waals surface area contributed by atoms with Gasteiger partial charge < -0.3 is 14.9 Å². The molecule has 0 amide bonds. The molecule has 0 saturated heterocycles. The minimum atomic E-state index is -2.06. The molecule has 0 fully saturated rings. The third-order valence-electron chi connectivity index (χ3n) is 2.12. The molecule has 0 radical (unpaired) electrons. The van der Waals surface area contributed by atoms with Gasteiger partial charge in [-0.3, -0.25) is 0 Å². The summed E-state index contributed by atoms with van der Waals surface area (Å²) in [5.74, 6) is -3.34. The van der Waals surface area contributed by atoms with Gasteiger partial charge in [-0.25, -0.2) is 13.6 Å². The van der Waals surface area contributed by atoms with E-state index in [9.17, 15) is 23.8 Å². The number of benzene rings is 1. The predicted octanol–water partition coefficient (Wildman–Crippen LogP) is 1.29. The van der Waals surface area contributed by atoms with Crippen LogP contribution in [0.1, 0.15) is 11.7 Å². The molecule has 1 aromatic rings. The van der Waals surface area contributed by atoms with E-state index in [1.54, 1.807) is 0 Å². The van der Waals surface area contributed by atoms with Gasteiger partial charge in [0.1, 0.15) is 17.7 Å². The van der Waals surface area contributed by atoms with Gasteiger partial charge in [0.25, 0.3) is 0 Å². The Bertz CT molecular complexity index is 439. The lowest BCUT2D eigenvalue weighted by atomic mass is 10.0. The standard InChI is InChI=1S/C10H9BrF2O4/c1-17-10(16)9(15)8(14)6-5(12)3-2-4(11)7(6)13/h2-3,8-9,14-15H,1H3. The molecule has 4 nitrogen and oxygen atoms in total. The summed E-state index contributed by atoms with van der Waals surface area (Å²) >= 11 is 2.80. The lowest BCUT2D eigenvalue weighted by Gasteiger charge is -2.17. The second-order valence-electron chi connectivity index (χ2n) is 3.17. The molecule has 0 spiro atoms. The number of methoxy groups -OCH3 is 1. The van der Waals surface area contributed by atoms with Gasteiger partial charge in [-0.2, -0.15) is 0 Å². The number of halogens is 3. The Morgan fingerprint density at radius 3 is 2.53 bits per heavy atom. The van der Waals surface area contributed by atoms with Crippen LogP contribution in [0.25, 0.3) is 0 Å². The summed E-state index contributed by atoms with van der Waals surface area (Å²) in [6.07, 6.45) is -4.10. The molecule has 0 aliphatic heterocycles. The summed E-state index contributed by atoms with van der Waals surface area (Å²) in [6.45, 7) is 0. The van der Waals surface area contributed by atoms with Crippen molar-refractivity contribution in [1.29, 1.82) is 0 Å². The third kappa shape index (κ3) is 2.80. The summed E-state index contributed by atoms with van der Waals surface area (Å²) in [5, 5.41) is 18.8. The number of hydrogen-bond acceptors (Lipinski definition) is 4. The van der Waals surface area contributed by atoms with Gasteiger partial charge in [-0.05, 0) is 28.1 Å². The van der Waals surface area contributed by atoms with Crippen molar-refractivity contribution in [3.8, 4) is 0 Å². The number of aliphatic hydroxyl groups excluding tert-OH is 2. The number of aliphatic hydroxyl groups is 2. The highest BCUT2D eigenvalue weighted by molar-refractivity contribution is 9.10. The van der Waals surface area contributed by atoms with Gasteiger partial charge in [0, 0.05) is 0 Å². The Morgan fingerprint density at radius 1 is 1.41 bits per heavy atom. The molecular weight excluding hydrogens is 302 g/mol. The van der Waals surface area contributed by atoms with Crippen molar-refractivity contribution >= 4 is 21.9 Å². The Kier molecular flexibility index (Phi) is 4.55. The highest BCUT2D eigenvalue weighted by Gasteiger charge is 2.31. The number of esters is 1. The molecule has 2 N–H and O–H groups in total. The summed E-state index contributed by atoms with van der Waals surface area (Å²) in [5.41, 5.74) is -0.794. The zero-order valence-corrected chi connectivity index (χ0v) is 10.2. The van der Waals surface area contributed by atoms with Crippen molar-refractivity contribution in [2.45, 2.75) is 12.2 Å². The molecule has 1 aromatic carbocycles. The number of carbonyl (C=O) groups is 1. The van der Waals surface area contributed by atoms with Gasteiger partial charge in [-0.1, -0.05) is 0 Å². The second kappa shape index (κ2) is 5.52. The summed E-state index contributed by atoms with van der Waals surface area (Å²) in [6, 6.07) is 2.00. The minimum Gasteiger partial charge on any atom is -0.467 e. The Labute approximate surface area is 104 Å². The Balaban J connectivity index is 3.16. The van der Waals surface area contributed by atoms with Crippen molar-refractivity contribution < 1.29 is 28.5 Å². The quantitative estimate of drug-likeness (QED) is 0.652. The van der Waals surface area contributed by atoms with Crippen molar-refractivity contribution in [3.63, 3.8) is 0 Å². The van der Waals surface area contributed by atoms with Crippen molar-refractivity contribution in [2.75, 3.05) is 7.11 Å². The molecule has 0 aromatic heterocycles. The number of carbonyl (C=O) groups excluding carboxylic acids is 1. The zero-order valence-electron chi connectivity index (χ0n) is 8.65. The molecule has 2 unspecified atom stereocenters. The van der Waals surface area contributed by atoms with E-state index in [0.717, 1.165) is 19.2 Å². The first-order chi connectivity index (χ1) is 7.90. The molecule has 0 saturated carbocycles. The molecule has 0 heterocycles. The first-order valence-corrected chi connectivity index (χ1v) is 5.26. The van der Waals surface area contributed by atoms with E-state index < -0.39 is 35.4 Å². The maximum Gasteiger partial charge on any atom is 0.337 e. The molecular formula is C10H9BrF2O4. The van der Waals surface area contributed by atoms with E-state index in [1.165, 1.54) is 0 Å². The molecule has 7 heteroatoms. The summed E-state index contributed by atoms with van der Waals surface area (Å²) in [4.78, 5) is 10.9. The lowest BCUT2D eigenvalue weighted by molar-refractivity contribution is -0.157. The van der Waals surface area contributed by atoms with Crippen LogP contribution in [0, 0.1) is 11.6 Å². The fraction of sp³-hybridized carbons (Fsp3) is 0.300. The fourth-order valence-corrected chi connectivity index (χ4v) is 1.57. The van der Waals surface area contributed by atoms with Crippen LogP contribution in [0.15, 0.2) is 16.6 Å². The van der Waals surface area contributed by atoms with Gasteiger partial charge in [0.15, 0.2) is 6.10 Å². The molecule has 17 heavy (non-hydrogen) atoms. The topological polar surface area (TPSA) is 66.8 Å². The Hall–Kier alpha value is -1.05. The SMILES string of the molecule is COC(=O)C(O)C(O)c1c(F)ccc(Br)c1F. The van der Waals surface area contributed by atoms with Gasteiger partial charge in [0.2, 0.25) is 0 Å². The third-order valence-corrected chi connectivity index (χ3v) is 2.73. The molecule has 0 aliphatic carbocycles. The van der Waals surface area contributed by atoms with Crippen molar-refractivity contribution in [1.82, 2.24) is 0 Å². The van der Waals surface area contributed by atoms with E-state index >= 15 is 0 Å². The first-order valence-electron chi connectivity index (χ1n) is 4.47. The number of ether oxygens (including phenoxy) is 1. The highest BCUT2D eigenvalue weighted by Crippen LogP contribution is 2.28. The fourth-order valence-electron chi connectivity index (χ4n) is 1.22. The smallest absolute Gasteiger partial charge is 0.337 e. The van der Waals surface area contributed by atoms with E-state index in [-0.39, 0.29) is 4.47 Å². The Morgan fingerprint density at radius 2 is 2.00 bits per heavy atom. The number of rotatable bonds is 3. The van der Waals surface area contributed by atoms with Crippen LogP contribution in [0.5, 0.6) is 0 Å². The molecule has 94 valence electrons. The monoisotopic (exact) mass is 310 g/mol. The summed E-state index contributed by atoms with van der Waals surface area (Å²) < 4.78 is 30.9.